The third-order valence-corrected chi connectivity index (χ3v) is 5.52. The summed E-state index contributed by atoms with van der Waals surface area (Å²) in [6, 6.07) is 10.5. The molecule has 1 fully saturated rings. The van der Waals surface area contributed by atoms with Gasteiger partial charge in [0, 0.05) is 35.8 Å². The molecule has 0 unspecified atom stereocenters. The van der Waals surface area contributed by atoms with E-state index in [9.17, 15) is 22.8 Å². The predicted octanol–water partition coefficient (Wildman–Crippen LogP) is 3.17. The Morgan fingerprint density at radius 2 is 1.87 bits per heavy atom. The molecule has 0 radical (unpaired) electrons. The minimum absolute atomic E-state index is 0.0570. The van der Waals surface area contributed by atoms with Gasteiger partial charge in [-0.1, -0.05) is 28.1 Å². The molecule has 0 saturated carbocycles. The molecule has 2 aromatic rings. The zero-order chi connectivity index (χ0) is 22.6. The minimum atomic E-state index is -4.59. The second-order valence-corrected chi connectivity index (χ2v) is 8.31. The van der Waals surface area contributed by atoms with E-state index in [0.717, 1.165) is 36.1 Å². The fourth-order valence-electron chi connectivity index (χ4n) is 3.41. The summed E-state index contributed by atoms with van der Waals surface area (Å²) in [7, 11) is 0. The molecule has 1 aliphatic rings. The van der Waals surface area contributed by atoms with Crippen molar-refractivity contribution in [3.8, 4) is 0 Å². The lowest BCUT2D eigenvalue weighted by molar-refractivity contribution is -0.137. The van der Waals surface area contributed by atoms with Gasteiger partial charge in [0.25, 0.3) is 5.91 Å². The van der Waals surface area contributed by atoms with E-state index >= 15 is 0 Å². The van der Waals surface area contributed by atoms with Crippen molar-refractivity contribution < 1.29 is 22.8 Å². The Hall–Kier alpha value is -2.59. The first kappa shape index (κ1) is 23.1. The van der Waals surface area contributed by atoms with Gasteiger partial charge in [-0.15, -0.1) is 0 Å². The number of hydrogen-bond donors (Lipinski definition) is 3. The van der Waals surface area contributed by atoms with Gasteiger partial charge < -0.3 is 16.4 Å². The lowest BCUT2D eigenvalue weighted by Gasteiger charge is -2.17. The van der Waals surface area contributed by atoms with Crippen LogP contribution in [0.25, 0.3) is 0 Å². The highest BCUT2D eigenvalue weighted by atomic mass is 79.9. The lowest BCUT2D eigenvalue weighted by Crippen LogP contribution is -2.43. The Morgan fingerprint density at radius 1 is 1.16 bits per heavy atom. The molecule has 2 aromatic carbocycles. The number of nitrogens with zero attached hydrogens (tertiary/aromatic N) is 1. The van der Waals surface area contributed by atoms with Gasteiger partial charge in [0.05, 0.1) is 17.7 Å². The van der Waals surface area contributed by atoms with Crippen molar-refractivity contribution in [2.24, 2.45) is 0 Å². The maximum Gasteiger partial charge on any atom is 0.416 e. The molecular weight excluding hydrogens is 477 g/mol. The van der Waals surface area contributed by atoms with Crippen molar-refractivity contribution in [3.63, 3.8) is 0 Å². The standard InChI is InChI=1S/C21H22BrF3N4O2/c22-15-4-1-13(2-5-15)11-29-8-7-16(12-29)28-19(30)10-27-20(31)17-9-14(21(23,24)25)3-6-18(17)26/h1-6,9,16H,7-8,10-12,26H2,(H,27,31)(H,28,30)/t16-/m1/s1. The molecule has 31 heavy (non-hydrogen) atoms. The topological polar surface area (TPSA) is 87.5 Å². The number of nitrogen functional groups attached to an aromatic ring is 1. The Balaban J connectivity index is 1.47. The molecule has 1 heterocycles. The van der Waals surface area contributed by atoms with Crippen molar-refractivity contribution in [2.75, 3.05) is 25.4 Å². The largest absolute Gasteiger partial charge is 0.416 e. The van der Waals surface area contributed by atoms with E-state index in [4.69, 9.17) is 5.73 Å². The maximum atomic E-state index is 12.8. The number of halogens is 4. The van der Waals surface area contributed by atoms with Crippen LogP contribution in [0.15, 0.2) is 46.9 Å². The van der Waals surface area contributed by atoms with Gasteiger partial charge in [0.15, 0.2) is 0 Å². The molecule has 10 heteroatoms. The van der Waals surface area contributed by atoms with Gasteiger partial charge in [-0.25, -0.2) is 0 Å². The highest BCUT2D eigenvalue weighted by molar-refractivity contribution is 9.10. The second kappa shape index (κ2) is 9.69. The van der Waals surface area contributed by atoms with E-state index < -0.39 is 23.6 Å². The molecule has 0 bridgehead atoms. The van der Waals surface area contributed by atoms with Crippen molar-refractivity contribution in [3.05, 3.63) is 63.6 Å². The van der Waals surface area contributed by atoms with E-state index in [0.29, 0.717) is 12.6 Å². The van der Waals surface area contributed by atoms with Gasteiger partial charge in [-0.2, -0.15) is 13.2 Å². The summed E-state index contributed by atoms with van der Waals surface area (Å²) in [5, 5.41) is 5.18. The highest BCUT2D eigenvalue weighted by Gasteiger charge is 2.31. The summed E-state index contributed by atoms with van der Waals surface area (Å²) < 4.78 is 39.6. The van der Waals surface area contributed by atoms with Crippen LogP contribution in [-0.4, -0.2) is 42.4 Å². The number of benzene rings is 2. The van der Waals surface area contributed by atoms with Crippen LogP contribution in [0.1, 0.15) is 27.9 Å². The fraction of sp³-hybridized carbons (Fsp3) is 0.333. The third kappa shape index (κ3) is 6.44. The SMILES string of the molecule is Nc1ccc(C(F)(F)F)cc1C(=O)NCC(=O)N[C@@H]1CCN(Cc2ccc(Br)cc2)C1. The number of anilines is 1. The van der Waals surface area contributed by atoms with Gasteiger partial charge >= 0.3 is 6.18 Å². The van der Waals surface area contributed by atoms with Gasteiger partial charge in [0.2, 0.25) is 5.91 Å². The zero-order valence-corrected chi connectivity index (χ0v) is 18.1. The smallest absolute Gasteiger partial charge is 0.398 e. The van der Waals surface area contributed by atoms with Gasteiger partial charge in [-0.3, -0.25) is 14.5 Å². The van der Waals surface area contributed by atoms with Crippen LogP contribution in [0.3, 0.4) is 0 Å². The molecule has 3 rings (SSSR count). The van der Waals surface area contributed by atoms with Crippen LogP contribution < -0.4 is 16.4 Å². The molecule has 1 saturated heterocycles. The van der Waals surface area contributed by atoms with Crippen molar-refractivity contribution in [1.29, 1.82) is 0 Å². The number of amides is 2. The number of hydrogen-bond acceptors (Lipinski definition) is 4. The summed E-state index contributed by atoms with van der Waals surface area (Å²) in [6.07, 6.45) is -3.82. The molecule has 1 atom stereocenters. The number of carbonyl (C=O) groups excluding carboxylic acids is 2. The Labute approximate surface area is 186 Å². The number of alkyl halides is 3. The molecule has 2 amide bonds. The Bertz CT molecular complexity index is 951. The summed E-state index contributed by atoms with van der Waals surface area (Å²) in [6.45, 7) is 1.92. The number of carbonyl (C=O) groups is 2. The minimum Gasteiger partial charge on any atom is -0.398 e. The van der Waals surface area contributed by atoms with Crippen LogP contribution in [0.4, 0.5) is 18.9 Å². The summed E-state index contributed by atoms with van der Waals surface area (Å²) in [5.41, 5.74) is 5.40. The molecular formula is C21H22BrF3N4O2. The van der Waals surface area contributed by atoms with Gasteiger partial charge in [0.1, 0.15) is 0 Å². The molecule has 1 aliphatic heterocycles. The normalized spacial score (nSPS) is 16.8. The van der Waals surface area contributed by atoms with Crippen molar-refractivity contribution >= 4 is 33.4 Å². The zero-order valence-electron chi connectivity index (χ0n) is 16.5. The first-order valence-corrected chi connectivity index (χ1v) is 10.4. The summed E-state index contributed by atoms with van der Waals surface area (Å²) >= 11 is 3.40. The molecule has 4 N–H and O–H groups in total. The average Bonchev–Trinajstić information content (AvgIpc) is 3.14. The van der Waals surface area contributed by atoms with E-state index in [1.165, 1.54) is 5.56 Å². The monoisotopic (exact) mass is 498 g/mol. The van der Waals surface area contributed by atoms with E-state index in [-0.39, 0.29) is 23.8 Å². The summed E-state index contributed by atoms with van der Waals surface area (Å²) in [4.78, 5) is 26.6. The van der Waals surface area contributed by atoms with Crippen LogP contribution in [0.5, 0.6) is 0 Å². The number of nitrogens with two attached hydrogens (primary N) is 1. The molecule has 166 valence electrons. The highest BCUT2D eigenvalue weighted by Crippen LogP contribution is 2.31. The number of rotatable bonds is 6. The third-order valence-electron chi connectivity index (χ3n) is 4.99. The van der Waals surface area contributed by atoms with Gasteiger partial charge in [-0.05, 0) is 42.3 Å². The van der Waals surface area contributed by atoms with Crippen LogP contribution in [-0.2, 0) is 17.5 Å². The van der Waals surface area contributed by atoms with Crippen molar-refractivity contribution in [1.82, 2.24) is 15.5 Å². The lowest BCUT2D eigenvalue weighted by atomic mass is 10.1. The molecule has 6 nitrogen and oxygen atoms in total. The van der Waals surface area contributed by atoms with E-state index in [2.05, 4.69) is 31.5 Å². The quantitative estimate of drug-likeness (QED) is 0.533. The maximum absolute atomic E-state index is 12.8. The number of likely N-dealkylation sites (tertiary alicyclic amines) is 1. The Kier molecular flexibility index (Phi) is 7.22. The van der Waals surface area contributed by atoms with Crippen LogP contribution in [0.2, 0.25) is 0 Å². The first-order valence-electron chi connectivity index (χ1n) is 9.63. The average molecular weight is 499 g/mol. The fourth-order valence-corrected chi connectivity index (χ4v) is 3.67. The molecule has 0 aliphatic carbocycles. The van der Waals surface area contributed by atoms with Crippen LogP contribution >= 0.6 is 15.9 Å². The van der Waals surface area contributed by atoms with E-state index in [1.54, 1.807) is 0 Å². The second-order valence-electron chi connectivity index (χ2n) is 7.40. The van der Waals surface area contributed by atoms with Crippen molar-refractivity contribution in [2.45, 2.75) is 25.2 Å². The number of nitrogens with one attached hydrogen (secondary N) is 2. The first-order chi connectivity index (χ1) is 14.6. The van der Waals surface area contributed by atoms with Crippen LogP contribution in [0, 0.1) is 0 Å². The Morgan fingerprint density at radius 3 is 2.55 bits per heavy atom. The summed E-state index contributed by atoms with van der Waals surface area (Å²) in [5.74, 6) is -1.24. The molecule has 0 spiro atoms. The van der Waals surface area contributed by atoms with E-state index in [1.807, 2.05) is 24.3 Å². The molecule has 0 aromatic heterocycles. The predicted molar refractivity (Wildman–Crippen MR) is 114 cm³/mol.